The van der Waals surface area contributed by atoms with E-state index < -0.39 is 11.7 Å². The average Bonchev–Trinajstić information content (AvgIpc) is 3.18. The van der Waals surface area contributed by atoms with Gasteiger partial charge >= 0.3 is 6.18 Å². The minimum atomic E-state index is -4.28. The van der Waals surface area contributed by atoms with Crippen LogP contribution in [0.5, 0.6) is 0 Å². The maximum absolute atomic E-state index is 12.6. The normalized spacial score (nSPS) is 16.1. The molecule has 1 aliphatic carbocycles. The second-order valence-electron chi connectivity index (χ2n) is 6.26. The average molecular weight is 313 g/mol. The van der Waals surface area contributed by atoms with E-state index in [1.54, 1.807) is 12.1 Å². The molecule has 6 heteroatoms. The zero-order valence-electron chi connectivity index (χ0n) is 13.4. The van der Waals surface area contributed by atoms with Gasteiger partial charge < -0.3 is 9.80 Å². The van der Waals surface area contributed by atoms with Gasteiger partial charge in [-0.3, -0.25) is 4.99 Å². The first-order valence-electron chi connectivity index (χ1n) is 7.22. The minimum absolute atomic E-state index is 0.0958. The van der Waals surface area contributed by atoms with Crippen LogP contribution in [-0.2, 0) is 11.6 Å². The zero-order chi connectivity index (χ0) is 16.5. The largest absolute Gasteiger partial charge is 0.416 e. The highest BCUT2D eigenvalue weighted by Gasteiger charge is 2.44. The van der Waals surface area contributed by atoms with Crippen LogP contribution in [0.15, 0.2) is 29.3 Å². The van der Waals surface area contributed by atoms with Crippen LogP contribution in [0.3, 0.4) is 0 Å². The van der Waals surface area contributed by atoms with E-state index in [0.29, 0.717) is 6.54 Å². The van der Waals surface area contributed by atoms with Crippen molar-refractivity contribution in [3.05, 3.63) is 35.4 Å². The van der Waals surface area contributed by atoms with Gasteiger partial charge in [0.1, 0.15) is 0 Å². The molecule has 3 nitrogen and oxygen atoms in total. The van der Waals surface area contributed by atoms with E-state index in [1.165, 1.54) is 0 Å². The highest BCUT2D eigenvalue weighted by Crippen LogP contribution is 2.48. The number of guanidine groups is 1. The van der Waals surface area contributed by atoms with Crippen LogP contribution >= 0.6 is 0 Å². The number of nitrogens with zero attached hydrogens (tertiary/aromatic N) is 3. The van der Waals surface area contributed by atoms with Crippen LogP contribution in [0.2, 0.25) is 0 Å². The highest BCUT2D eigenvalue weighted by molar-refractivity contribution is 5.79. The number of halogens is 3. The number of hydrogen-bond acceptors (Lipinski definition) is 1. The molecule has 0 aromatic heterocycles. The van der Waals surface area contributed by atoms with E-state index in [-0.39, 0.29) is 5.41 Å². The predicted molar refractivity (Wildman–Crippen MR) is 82.0 cm³/mol. The first-order valence-corrected chi connectivity index (χ1v) is 7.22. The van der Waals surface area contributed by atoms with Crippen molar-refractivity contribution in [3.8, 4) is 0 Å². The molecular formula is C16H22F3N3. The van der Waals surface area contributed by atoms with E-state index >= 15 is 0 Å². The molecule has 1 aromatic rings. The fourth-order valence-corrected chi connectivity index (χ4v) is 2.61. The summed E-state index contributed by atoms with van der Waals surface area (Å²) in [4.78, 5) is 8.52. The Labute approximate surface area is 129 Å². The molecule has 1 saturated carbocycles. The molecule has 0 spiro atoms. The number of aliphatic imine (C=N–C) groups is 1. The molecule has 1 fully saturated rings. The van der Waals surface area contributed by atoms with Crippen molar-refractivity contribution in [1.29, 1.82) is 0 Å². The summed E-state index contributed by atoms with van der Waals surface area (Å²) in [6.07, 6.45) is -2.34. The lowest BCUT2D eigenvalue weighted by Crippen LogP contribution is -2.36. The first kappa shape index (κ1) is 16.6. The summed E-state index contributed by atoms with van der Waals surface area (Å²) >= 11 is 0. The SMILES string of the molecule is CN(C)C(=NCC1(c2ccc(C(F)(F)F)cc2)CC1)N(C)C. The van der Waals surface area contributed by atoms with Crippen molar-refractivity contribution >= 4 is 5.96 Å². The molecule has 0 bridgehead atoms. The molecular weight excluding hydrogens is 291 g/mol. The molecule has 0 unspecified atom stereocenters. The number of rotatable bonds is 3. The second-order valence-corrected chi connectivity index (χ2v) is 6.26. The van der Waals surface area contributed by atoms with Crippen molar-refractivity contribution in [2.45, 2.75) is 24.4 Å². The van der Waals surface area contributed by atoms with Crippen molar-refractivity contribution in [3.63, 3.8) is 0 Å². The third-order valence-corrected chi connectivity index (χ3v) is 4.00. The van der Waals surface area contributed by atoms with Gasteiger partial charge in [0.15, 0.2) is 5.96 Å². The summed E-state index contributed by atoms with van der Waals surface area (Å²) < 4.78 is 37.9. The van der Waals surface area contributed by atoms with Gasteiger partial charge in [0, 0.05) is 33.6 Å². The highest BCUT2D eigenvalue weighted by atomic mass is 19.4. The third-order valence-electron chi connectivity index (χ3n) is 4.00. The van der Waals surface area contributed by atoms with Crippen molar-refractivity contribution in [1.82, 2.24) is 9.80 Å². The number of alkyl halides is 3. The van der Waals surface area contributed by atoms with E-state index in [1.807, 2.05) is 38.0 Å². The van der Waals surface area contributed by atoms with E-state index in [9.17, 15) is 13.2 Å². The maximum Gasteiger partial charge on any atom is 0.416 e. The molecule has 1 aromatic carbocycles. The molecule has 1 aliphatic rings. The number of hydrogen-bond donors (Lipinski definition) is 0. The van der Waals surface area contributed by atoms with E-state index in [0.717, 1.165) is 36.5 Å². The summed E-state index contributed by atoms with van der Waals surface area (Å²) in [5, 5.41) is 0. The molecule has 0 amide bonds. The van der Waals surface area contributed by atoms with Gasteiger partial charge in [0.05, 0.1) is 12.1 Å². The lowest BCUT2D eigenvalue weighted by Gasteiger charge is -2.24. The molecule has 0 radical (unpaired) electrons. The Hall–Kier alpha value is -1.72. The summed E-state index contributed by atoms with van der Waals surface area (Å²) in [5.41, 5.74) is 0.250. The quantitative estimate of drug-likeness (QED) is 0.630. The van der Waals surface area contributed by atoms with Crippen molar-refractivity contribution in [2.75, 3.05) is 34.7 Å². The van der Waals surface area contributed by atoms with E-state index in [2.05, 4.69) is 4.99 Å². The summed E-state index contributed by atoms with van der Waals surface area (Å²) in [6.45, 7) is 0.601. The van der Waals surface area contributed by atoms with Gasteiger partial charge in [-0.2, -0.15) is 13.2 Å². The second kappa shape index (κ2) is 5.82. The Morgan fingerprint density at radius 2 is 1.55 bits per heavy atom. The smallest absolute Gasteiger partial charge is 0.349 e. The van der Waals surface area contributed by atoms with Crippen LogP contribution in [0.1, 0.15) is 24.0 Å². The molecule has 2 rings (SSSR count). The van der Waals surface area contributed by atoms with Gasteiger partial charge in [0.25, 0.3) is 0 Å². The molecule has 0 N–H and O–H groups in total. The molecule has 0 heterocycles. The van der Waals surface area contributed by atoms with Crippen molar-refractivity contribution in [2.24, 2.45) is 4.99 Å². The van der Waals surface area contributed by atoms with Gasteiger partial charge in [0.2, 0.25) is 0 Å². The number of benzene rings is 1. The molecule has 0 saturated heterocycles. The van der Waals surface area contributed by atoms with Crippen LogP contribution < -0.4 is 0 Å². The lowest BCUT2D eigenvalue weighted by atomic mass is 9.95. The zero-order valence-corrected chi connectivity index (χ0v) is 13.4. The summed E-state index contributed by atoms with van der Waals surface area (Å²) in [5.74, 6) is 0.859. The third kappa shape index (κ3) is 3.54. The topological polar surface area (TPSA) is 18.8 Å². The Balaban J connectivity index is 2.16. The van der Waals surface area contributed by atoms with Gasteiger partial charge in [-0.05, 0) is 30.5 Å². The Morgan fingerprint density at radius 3 is 1.91 bits per heavy atom. The van der Waals surface area contributed by atoms with Gasteiger partial charge in [-0.15, -0.1) is 0 Å². The monoisotopic (exact) mass is 313 g/mol. The lowest BCUT2D eigenvalue weighted by molar-refractivity contribution is -0.137. The molecule has 0 aliphatic heterocycles. The molecule has 122 valence electrons. The molecule has 22 heavy (non-hydrogen) atoms. The maximum atomic E-state index is 12.6. The van der Waals surface area contributed by atoms with Crippen molar-refractivity contribution < 1.29 is 13.2 Å². The minimum Gasteiger partial charge on any atom is -0.349 e. The summed E-state index contributed by atoms with van der Waals surface area (Å²) in [6, 6.07) is 5.52. The standard InChI is InChI=1S/C16H22F3N3/c1-21(2)14(22(3)4)20-11-15(9-10-15)12-5-7-13(8-6-12)16(17,18)19/h5-8H,9-11H2,1-4H3. The van der Waals surface area contributed by atoms with Gasteiger partial charge in [-0.1, -0.05) is 12.1 Å². The Morgan fingerprint density at radius 1 is 1.05 bits per heavy atom. The van der Waals surface area contributed by atoms with Crippen LogP contribution in [-0.4, -0.2) is 50.5 Å². The fraction of sp³-hybridized carbons (Fsp3) is 0.562. The molecule has 0 atom stereocenters. The van der Waals surface area contributed by atoms with Crippen LogP contribution in [0.25, 0.3) is 0 Å². The predicted octanol–water partition coefficient (Wildman–Crippen LogP) is 3.22. The summed E-state index contributed by atoms with van der Waals surface area (Å²) in [7, 11) is 7.71. The fourth-order valence-electron chi connectivity index (χ4n) is 2.61. The Bertz CT molecular complexity index is 531. The van der Waals surface area contributed by atoms with Crippen LogP contribution in [0.4, 0.5) is 13.2 Å². The van der Waals surface area contributed by atoms with E-state index in [4.69, 9.17) is 0 Å². The Kier molecular flexibility index (Phi) is 4.40. The van der Waals surface area contributed by atoms with Gasteiger partial charge in [-0.25, -0.2) is 0 Å². The van der Waals surface area contributed by atoms with Crippen LogP contribution in [0, 0.1) is 0 Å². The first-order chi connectivity index (χ1) is 10.2.